The second-order valence-corrected chi connectivity index (χ2v) is 5.91. The Labute approximate surface area is 131 Å². The predicted octanol–water partition coefficient (Wildman–Crippen LogP) is 5.90. The van der Waals surface area contributed by atoms with Gasteiger partial charge in [-0.25, -0.2) is 0 Å². The molecule has 0 aliphatic carbocycles. The molecule has 0 saturated heterocycles. The molecule has 0 spiro atoms. The number of aliphatic hydroxyl groups excluding tert-OH is 1. The minimum atomic E-state index is 0.107. The molecular weight excluding hydrogens is 256 g/mol. The monoisotopic (exact) mass is 288 g/mol. The number of hydrogen-bond donors (Lipinski definition) is 1. The molecule has 1 heteroatoms. The second-order valence-electron chi connectivity index (χ2n) is 5.91. The fourth-order valence-corrected chi connectivity index (χ4v) is 1.90. The summed E-state index contributed by atoms with van der Waals surface area (Å²) < 4.78 is 0. The summed E-state index contributed by atoms with van der Waals surface area (Å²) in [5.74, 6) is 0. The lowest BCUT2D eigenvalue weighted by atomic mass is 10.1. The van der Waals surface area contributed by atoms with E-state index >= 15 is 0 Å². The lowest BCUT2D eigenvalue weighted by molar-refractivity contribution is 0.342. The molecule has 1 N–H and O–H groups in total. The maximum Gasteiger partial charge on any atom is 0.0617 e. The Kier molecular flexibility index (Phi) is 11.6. The van der Waals surface area contributed by atoms with E-state index < -0.39 is 0 Å². The number of rotatable bonds is 9. The van der Waals surface area contributed by atoms with E-state index in [1.54, 1.807) is 6.08 Å². The Hall–Kier alpha value is -1.34. The van der Waals surface area contributed by atoms with E-state index in [0.717, 1.165) is 24.8 Å². The van der Waals surface area contributed by atoms with Gasteiger partial charge < -0.3 is 5.11 Å². The van der Waals surface area contributed by atoms with Gasteiger partial charge >= 0.3 is 0 Å². The van der Waals surface area contributed by atoms with Gasteiger partial charge in [-0.15, -0.1) is 0 Å². The zero-order chi connectivity index (χ0) is 16.1. The van der Waals surface area contributed by atoms with Crippen LogP contribution in [0.5, 0.6) is 0 Å². The Balaban J connectivity index is 4.09. The van der Waals surface area contributed by atoms with Crippen molar-refractivity contribution >= 4 is 0 Å². The quantitative estimate of drug-likeness (QED) is 0.413. The van der Waals surface area contributed by atoms with E-state index in [1.807, 2.05) is 13.0 Å². The number of allylic oxidation sites excluding steroid dienone is 9. The average Bonchev–Trinajstić information content (AvgIpc) is 2.38. The van der Waals surface area contributed by atoms with E-state index in [4.69, 9.17) is 5.11 Å². The van der Waals surface area contributed by atoms with E-state index in [0.29, 0.717) is 0 Å². The number of hydrogen-bond acceptors (Lipinski definition) is 1. The van der Waals surface area contributed by atoms with Gasteiger partial charge in [-0.1, -0.05) is 58.7 Å². The average molecular weight is 288 g/mol. The van der Waals surface area contributed by atoms with Crippen molar-refractivity contribution in [1.82, 2.24) is 0 Å². The minimum absolute atomic E-state index is 0.107. The molecule has 0 unspecified atom stereocenters. The highest BCUT2D eigenvalue weighted by Crippen LogP contribution is 2.11. The van der Waals surface area contributed by atoms with Gasteiger partial charge in [-0.05, 0) is 60.3 Å². The summed E-state index contributed by atoms with van der Waals surface area (Å²) in [4.78, 5) is 0. The molecule has 0 aliphatic rings. The van der Waals surface area contributed by atoms with Crippen LogP contribution in [-0.2, 0) is 0 Å². The highest BCUT2D eigenvalue weighted by Gasteiger charge is 1.91. The predicted molar refractivity (Wildman–Crippen MR) is 95.4 cm³/mol. The van der Waals surface area contributed by atoms with Crippen LogP contribution >= 0.6 is 0 Å². The summed E-state index contributed by atoms with van der Waals surface area (Å²) in [6.45, 7) is 10.8. The van der Waals surface area contributed by atoms with Crippen molar-refractivity contribution < 1.29 is 5.11 Å². The molecule has 0 rings (SSSR count). The topological polar surface area (TPSA) is 20.2 Å². The summed E-state index contributed by atoms with van der Waals surface area (Å²) in [6, 6.07) is 0. The zero-order valence-electron chi connectivity index (χ0n) is 14.4. The molecule has 0 aromatic rings. The lowest BCUT2D eigenvalue weighted by Gasteiger charge is -2.00. The van der Waals surface area contributed by atoms with Gasteiger partial charge in [0, 0.05) is 0 Å². The first-order valence-electron chi connectivity index (χ1n) is 7.86. The van der Waals surface area contributed by atoms with Crippen molar-refractivity contribution in [3.63, 3.8) is 0 Å². The van der Waals surface area contributed by atoms with E-state index in [-0.39, 0.29) is 6.61 Å². The molecule has 118 valence electrons. The molecule has 0 atom stereocenters. The summed E-state index contributed by atoms with van der Waals surface area (Å²) in [7, 11) is 0. The van der Waals surface area contributed by atoms with Gasteiger partial charge in [-0.3, -0.25) is 0 Å². The molecule has 0 aliphatic heterocycles. The Morgan fingerprint density at radius 2 is 1.43 bits per heavy atom. The second kappa shape index (κ2) is 12.4. The molecule has 0 bridgehead atoms. The highest BCUT2D eigenvalue weighted by atomic mass is 16.2. The largest absolute Gasteiger partial charge is 0.392 e. The van der Waals surface area contributed by atoms with Crippen molar-refractivity contribution in [1.29, 1.82) is 0 Å². The van der Waals surface area contributed by atoms with E-state index in [9.17, 15) is 0 Å². The Morgan fingerprint density at radius 1 is 0.810 bits per heavy atom. The van der Waals surface area contributed by atoms with Crippen LogP contribution in [0.2, 0.25) is 0 Å². The molecular formula is C20H32O. The fourth-order valence-electron chi connectivity index (χ4n) is 1.90. The zero-order valence-corrected chi connectivity index (χ0v) is 14.4. The number of aliphatic hydroxyl groups is 1. The molecule has 0 aromatic carbocycles. The van der Waals surface area contributed by atoms with Crippen LogP contribution in [-0.4, -0.2) is 11.7 Å². The van der Waals surface area contributed by atoms with Crippen molar-refractivity contribution in [3.05, 3.63) is 58.7 Å². The standard InChI is InChI=1S/C20H32O/c1-17(2)9-6-10-18(3)11-7-12-19(4)13-8-14-20(5)15-16-21/h8-9,11,13-15,21H,6-7,10,12,16H2,1-5H3. The SMILES string of the molecule is CC(C)=CCCC(C)=CCCC(C)=CC=CC(C)=CCO. The first-order valence-corrected chi connectivity index (χ1v) is 7.86. The molecule has 0 saturated carbocycles. The molecule has 0 fully saturated rings. The Morgan fingerprint density at radius 3 is 2.05 bits per heavy atom. The summed E-state index contributed by atoms with van der Waals surface area (Å²) in [6.07, 6.45) is 17.2. The third-order valence-electron chi connectivity index (χ3n) is 3.28. The van der Waals surface area contributed by atoms with Crippen LogP contribution in [0.25, 0.3) is 0 Å². The molecule has 1 nitrogen and oxygen atoms in total. The van der Waals surface area contributed by atoms with Gasteiger partial charge in [0.05, 0.1) is 6.61 Å². The van der Waals surface area contributed by atoms with E-state index in [1.165, 1.54) is 23.1 Å². The summed E-state index contributed by atoms with van der Waals surface area (Å²) >= 11 is 0. The Bertz CT molecular complexity index is 427. The third kappa shape index (κ3) is 13.4. The van der Waals surface area contributed by atoms with Crippen molar-refractivity contribution in [2.75, 3.05) is 6.61 Å². The van der Waals surface area contributed by atoms with Crippen LogP contribution in [0.4, 0.5) is 0 Å². The van der Waals surface area contributed by atoms with Gasteiger partial charge in [-0.2, -0.15) is 0 Å². The smallest absolute Gasteiger partial charge is 0.0617 e. The van der Waals surface area contributed by atoms with E-state index in [2.05, 4.69) is 52.0 Å². The molecule has 21 heavy (non-hydrogen) atoms. The first kappa shape index (κ1) is 19.7. The van der Waals surface area contributed by atoms with Crippen LogP contribution in [0.3, 0.4) is 0 Å². The molecule has 0 aromatic heterocycles. The van der Waals surface area contributed by atoms with Crippen LogP contribution < -0.4 is 0 Å². The van der Waals surface area contributed by atoms with Gasteiger partial charge in [0.15, 0.2) is 0 Å². The summed E-state index contributed by atoms with van der Waals surface area (Å²) in [5, 5.41) is 8.77. The maximum atomic E-state index is 8.77. The fraction of sp³-hybridized carbons (Fsp3) is 0.500. The van der Waals surface area contributed by atoms with Gasteiger partial charge in [0.2, 0.25) is 0 Å². The van der Waals surface area contributed by atoms with Crippen molar-refractivity contribution in [2.24, 2.45) is 0 Å². The lowest BCUT2D eigenvalue weighted by Crippen LogP contribution is -1.80. The first-order chi connectivity index (χ1) is 9.95. The maximum absolute atomic E-state index is 8.77. The van der Waals surface area contributed by atoms with Gasteiger partial charge in [0.25, 0.3) is 0 Å². The molecule has 0 heterocycles. The molecule has 0 amide bonds. The van der Waals surface area contributed by atoms with Gasteiger partial charge in [0.1, 0.15) is 0 Å². The normalized spacial score (nSPS) is 13.9. The minimum Gasteiger partial charge on any atom is -0.392 e. The van der Waals surface area contributed by atoms with Crippen LogP contribution in [0.15, 0.2) is 58.7 Å². The van der Waals surface area contributed by atoms with Crippen molar-refractivity contribution in [3.8, 4) is 0 Å². The third-order valence-corrected chi connectivity index (χ3v) is 3.28. The highest BCUT2D eigenvalue weighted by molar-refractivity contribution is 5.22. The van der Waals surface area contributed by atoms with Crippen LogP contribution in [0.1, 0.15) is 60.3 Å². The van der Waals surface area contributed by atoms with Crippen LogP contribution in [0, 0.1) is 0 Å². The summed E-state index contributed by atoms with van der Waals surface area (Å²) in [5.41, 5.74) is 5.37. The van der Waals surface area contributed by atoms with Crippen molar-refractivity contribution in [2.45, 2.75) is 60.3 Å². The molecule has 0 radical (unpaired) electrons.